The third kappa shape index (κ3) is 5.61. The van der Waals surface area contributed by atoms with Crippen LogP contribution in [0.15, 0.2) is 41.1 Å². The van der Waals surface area contributed by atoms with Crippen LogP contribution in [0.5, 0.6) is 0 Å². The molecule has 33 heavy (non-hydrogen) atoms. The van der Waals surface area contributed by atoms with E-state index in [2.05, 4.69) is 15.4 Å². The first kappa shape index (κ1) is 24.9. The molecule has 0 fully saturated rings. The van der Waals surface area contributed by atoms with Gasteiger partial charge in [-0.2, -0.15) is 5.10 Å². The smallest absolute Gasteiger partial charge is 0.263 e. The van der Waals surface area contributed by atoms with Crippen LogP contribution in [0.1, 0.15) is 35.5 Å². The number of thiophene rings is 1. The molecule has 0 bridgehead atoms. The van der Waals surface area contributed by atoms with E-state index in [-0.39, 0.29) is 33.5 Å². The summed E-state index contributed by atoms with van der Waals surface area (Å²) in [5.74, 6) is -2.46. The number of hydrogen-bond donors (Lipinski definition) is 3. The lowest BCUT2D eigenvalue weighted by Crippen LogP contribution is -2.51. The summed E-state index contributed by atoms with van der Waals surface area (Å²) in [4.78, 5) is 16.8. The number of amides is 1. The molecule has 0 saturated heterocycles. The first-order valence-corrected chi connectivity index (χ1v) is 11.8. The highest BCUT2D eigenvalue weighted by Crippen LogP contribution is 2.32. The van der Waals surface area contributed by atoms with Crippen molar-refractivity contribution in [2.75, 3.05) is 12.3 Å². The molecule has 0 radical (unpaired) electrons. The average Bonchev–Trinajstić information content (AvgIpc) is 3.41. The van der Waals surface area contributed by atoms with Gasteiger partial charge in [0.15, 0.2) is 11.1 Å². The van der Waals surface area contributed by atoms with Crippen LogP contribution in [0.3, 0.4) is 0 Å². The van der Waals surface area contributed by atoms with E-state index in [4.69, 9.17) is 9.92 Å². The van der Waals surface area contributed by atoms with Crippen molar-refractivity contribution in [2.24, 2.45) is 0 Å². The van der Waals surface area contributed by atoms with Gasteiger partial charge < -0.3 is 16.2 Å². The molecule has 0 aliphatic rings. The van der Waals surface area contributed by atoms with Crippen LogP contribution in [-0.4, -0.2) is 42.6 Å². The van der Waals surface area contributed by atoms with E-state index < -0.39 is 40.3 Å². The number of anilines is 1. The highest BCUT2D eigenvalue weighted by molar-refractivity contribution is 7.82. The van der Waals surface area contributed by atoms with Crippen molar-refractivity contribution >= 4 is 34.0 Å². The van der Waals surface area contributed by atoms with Gasteiger partial charge in [0.2, 0.25) is 0 Å². The molecular weight excluding hydrogens is 476 g/mol. The first-order valence-electron chi connectivity index (χ1n) is 9.91. The number of halogens is 2. The molecule has 1 amide bonds. The summed E-state index contributed by atoms with van der Waals surface area (Å²) >= 11 is -0.881. The van der Waals surface area contributed by atoms with E-state index >= 15 is 0 Å². The molecule has 4 N–H and O–H groups in total. The van der Waals surface area contributed by atoms with Crippen molar-refractivity contribution in [3.8, 4) is 0 Å². The number of aliphatic hydroxyl groups is 1. The highest BCUT2D eigenvalue weighted by atomic mass is 32.2. The Morgan fingerprint density at radius 2 is 2.18 bits per heavy atom. The zero-order valence-electron chi connectivity index (χ0n) is 17.8. The zero-order chi connectivity index (χ0) is 24.2. The van der Waals surface area contributed by atoms with Crippen molar-refractivity contribution in [1.82, 2.24) is 20.1 Å². The molecule has 3 atom stereocenters. The summed E-state index contributed by atoms with van der Waals surface area (Å²) in [6, 6.07) is 3.06. The van der Waals surface area contributed by atoms with E-state index in [1.54, 1.807) is 0 Å². The Morgan fingerprint density at radius 3 is 2.82 bits per heavy atom. The third-order valence-electron chi connectivity index (χ3n) is 4.83. The van der Waals surface area contributed by atoms with Gasteiger partial charge in [-0.1, -0.05) is 13.0 Å². The molecule has 2 heterocycles. The molecule has 13 heteroatoms. The Labute approximate surface area is 195 Å². The second-order valence-electron chi connectivity index (χ2n) is 7.24. The number of carbonyl (C=O) groups excluding carboxylic acids is 1. The maximum atomic E-state index is 14.6. The first-order chi connectivity index (χ1) is 15.7. The number of nitrogen functional groups attached to an aromatic ring is 1. The molecule has 2 aromatic heterocycles. The van der Waals surface area contributed by atoms with Crippen molar-refractivity contribution in [3.63, 3.8) is 0 Å². The average molecular weight is 500 g/mol. The van der Waals surface area contributed by atoms with Gasteiger partial charge >= 0.3 is 0 Å². The summed E-state index contributed by atoms with van der Waals surface area (Å²) in [6.45, 7) is 3.33. The van der Waals surface area contributed by atoms with Crippen LogP contribution in [0.25, 0.3) is 0 Å². The molecule has 0 spiro atoms. The summed E-state index contributed by atoms with van der Waals surface area (Å²) in [6.07, 6.45) is 3.22. The number of carbonyl (C=O) groups is 1. The Morgan fingerprint density at radius 1 is 1.42 bits per heavy atom. The molecule has 178 valence electrons. The maximum Gasteiger partial charge on any atom is 0.263 e. The van der Waals surface area contributed by atoms with E-state index in [1.165, 1.54) is 30.3 Å². The fourth-order valence-electron chi connectivity index (χ4n) is 3.10. The van der Waals surface area contributed by atoms with Gasteiger partial charge in [0.1, 0.15) is 39.0 Å². The summed E-state index contributed by atoms with van der Waals surface area (Å²) in [5, 5.41) is 18.0. The molecule has 3 rings (SSSR count). The molecule has 0 saturated carbocycles. The van der Waals surface area contributed by atoms with Gasteiger partial charge in [0, 0.05) is 11.6 Å². The monoisotopic (exact) mass is 499 g/mol. The second-order valence-corrected chi connectivity index (χ2v) is 9.70. The lowest BCUT2D eigenvalue weighted by molar-refractivity contribution is -0.0185. The van der Waals surface area contributed by atoms with Crippen molar-refractivity contribution in [2.45, 2.75) is 42.7 Å². The third-order valence-corrected chi connectivity index (χ3v) is 7.26. The lowest BCUT2D eigenvalue weighted by Gasteiger charge is -2.35. The van der Waals surface area contributed by atoms with Crippen LogP contribution in [0.2, 0.25) is 0 Å². The highest BCUT2D eigenvalue weighted by Gasteiger charge is 2.40. The Kier molecular flexibility index (Phi) is 7.89. The summed E-state index contributed by atoms with van der Waals surface area (Å²) < 4.78 is 47.0. The molecule has 1 aromatic carbocycles. The van der Waals surface area contributed by atoms with Gasteiger partial charge in [-0.15, -0.1) is 11.3 Å². The number of nitrogens with one attached hydrogen (secondary N) is 1. The van der Waals surface area contributed by atoms with Crippen LogP contribution < -0.4 is 11.1 Å². The van der Waals surface area contributed by atoms with Crippen LogP contribution in [0, 0.1) is 11.6 Å². The normalized spacial score (nSPS) is 15.1. The fraction of sp³-hybridized carbons (Fsp3) is 0.350. The van der Waals surface area contributed by atoms with Crippen molar-refractivity contribution in [1.29, 1.82) is 0 Å². The fourth-order valence-corrected chi connectivity index (χ4v) is 5.14. The predicted octanol–water partition coefficient (Wildman–Crippen LogP) is 2.36. The Balaban J connectivity index is 1.88. The number of rotatable bonds is 10. The Hall–Kier alpha value is -2.74. The molecular formula is C20H23F2N5O4S2. The number of aromatic nitrogens is 3. The number of nitrogens with zero attached hydrogens (tertiary/aromatic N) is 3. The predicted molar refractivity (Wildman–Crippen MR) is 119 cm³/mol. The molecule has 0 aliphatic carbocycles. The number of hydrogen-bond acceptors (Lipinski definition) is 8. The quantitative estimate of drug-likeness (QED) is 0.390. The molecule has 0 aliphatic heterocycles. The number of benzene rings is 1. The topological polar surface area (TPSA) is 132 Å². The van der Waals surface area contributed by atoms with Crippen molar-refractivity contribution < 1.29 is 27.1 Å². The summed E-state index contributed by atoms with van der Waals surface area (Å²) in [5.41, 5.74) is 3.75. The maximum absolute atomic E-state index is 14.6. The zero-order valence-corrected chi connectivity index (χ0v) is 19.5. The van der Waals surface area contributed by atoms with E-state index in [1.807, 2.05) is 6.92 Å². The van der Waals surface area contributed by atoms with E-state index in [0.29, 0.717) is 12.5 Å². The number of nitrogens with two attached hydrogens (primary N) is 1. The van der Waals surface area contributed by atoms with Gasteiger partial charge in [0.25, 0.3) is 5.91 Å². The largest absolute Gasteiger partial charge is 0.397 e. The van der Waals surface area contributed by atoms with Crippen molar-refractivity contribution in [3.05, 3.63) is 59.0 Å². The minimum absolute atomic E-state index is 0.0629. The lowest BCUT2D eigenvalue weighted by atomic mass is 9.86. The standard InChI is InChI=1S/C20H23F2N5O4S2/c1-3-6-31-33(30)17-8-16(23)18(32-17)19(28)26-12(2)20(29,9-27-11-24-10-25-27)14-5-4-13(21)7-15(14)22/h4-5,7-8,10-12,29H,3,6,9,23H2,1-2H3,(H,26,28)/t12-,20-,33?/m1/s1. The van der Waals surface area contributed by atoms with E-state index in [0.717, 1.165) is 23.5 Å². The second kappa shape index (κ2) is 10.5. The minimum atomic E-state index is -2.02. The minimum Gasteiger partial charge on any atom is -0.397 e. The van der Waals surface area contributed by atoms with Gasteiger partial charge in [-0.3, -0.25) is 8.98 Å². The molecule has 3 aromatic rings. The van der Waals surface area contributed by atoms with Crippen LogP contribution in [-0.2, 0) is 27.4 Å². The van der Waals surface area contributed by atoms with Gasteiger partial charge in [0.05, 0.1) is 24.9 Å². The van der Waals surface area contributed by atoms with Gasteiger partial charge in [-0.25, -0.2) is 22.7 Å². The SMILES string of the molecule is CCCOS(=O)c1cc(N)c(C(=O)N[C@H](C)[C@](O)(Cn2cncn2)c2ccc(F)cc2F)s1. The van der Waals surface area contributed by atoms with Crippen LogP contribution >= 0.6 is 11.3 Å². The van der Waals surface area contributed by atoms with Gasteiger partial charge in [-0.05, 0) is 25.5 Å². The van der Waals surface area contributed by atoms with E-state index in [9.17, 15) is 22.9 Å². The Bertz CT molecular complexity index is 1140. The summed E-state index contributed by atoms with van der Waals surface area (Å²) in [7, 11) is 0. The van der Waals surface area contributed by atoms with Crippen LogP contribution in [0.4, 0.5) is 14.5 Å². The molecule has 1 unspecified atom stereocenters. The molecule has 9 nitrogen and oxygen atoms in total.